The molecule has 1 saturated heterocycles. The first-order valence-electron chi connectivity index (χ1n) is 7.37. The second-order valence-corrected chi connectivity index (χ2v) is 5.76. The minimum atomic E-state index is -0.523. The molecule has 1 saturated carbocycles. The van der Waals surface area contributed by atoms with Crippen molar-refractivity contribution in [2.75, 3.05) is 19.6 Å². The molecule has 2 fully saturated rings. The van der Waals surface area contributed by atoms with E-state index in [2.05, 4.69) is 10.3 Å². The normalized spacial score (nSPS) is 22.6. The van der Waals surface area contributed by atoms with E-state index >= 15 is 0 Å². The van der Waals surface area contributed by atoms with Crippen molar-refractivity contribution in [1.82, 2.24) is 15.2 Å². The van der Waals surface area contributed by atoms with Crippen molar-refractivity contribution in [1.29, 1.82) is 0 Å². The minimum absolute atomic E-state index is 0.149. The highest BCUT2D eigenvalue weighted by Gasteiger charge is 2.35. The van der Waals surface area contributed by atoms with E-state index in [1.807, 2.05) is 4.90 Å². The van der Waals surface area contributed by atoms with Gasteiger partial charge in [-0.2, -0.15) is 0 Å². The quantitative estimate of drug-likeness (QED) is 0.913. The largest absolute Gasteiger partial charge is 0.335 e. The summed E-state index contributed by atoms with van der Waals surface area (Å²) in [7, 11) is 0. The van der Waals surface area contributed by atoms with Crippen LogP contribution in [0.1, 0.15) is 36.0 Å². The molecule has 0 radical (unpaired) electrons. The number of carbonyl (C=O) groups excluding carboxylic acids is 1. The number of nitrogens with one attached hydrogen (secondary N) is 1. The number of amides is 1. The highest BCUT2D eigenvalue weighted by Crippen LogP contribution is 2.30. The average molecular weight is 277 g/mol. The minimum Gasteiger partial charge on any atom is -0.335 e. The van der Waals surface area contributed by atoms with Gasteiger partial charge in [0.05, 0.1) is 11.8 Å². The maximum absolute atomic E-state index is 13.7. The molecule has 2 aliphatic rings. The molecule has 1 aliphatic carbocycles. The lowest BCUT2D eigenvalue weighted by Gasteiger charge is -2.30. The van der Waals surface area contributed by atoms with Gasteiger partial charge in [0.25, 0.3) is 5.91 Å². The van der Waals surface area contributed by atoms with E-state index in [0.717, 1.165) is 51.5 Å². The molecule has 3 rings (SSSR count). The fourth-order valence-electron chi connectivity index (χ4n) is 2.85. The van der Waals surface area contributed by atoms with E-state index in [0.29, 0.717) is 12.0 Å². The molecule has 108 valence electrons. The molecule has 0 spiro atoms. The standard InChI is InChI=1S/C15H20FN3O/c16-14-9-18-7-5-13(14)15(20)19(12-3-4-12)10-11-2-1-6-17-8-11/h5,7,9,11-12,17H,1-4,6,8,10H2. The van der Waals surface area contributed by atoms with Crippen molar-refractivity contribution in [3.63, 3.8) is 0 Å². The second-order valence-electron chi connectivity index (χ2n) is 5.76. The number of piperidine rings is 1. The van der Waals surface area contributed by atoms with Crippen LogP contribution in [-0.4, -0.2) is 41.5 Å². The topological polar surface area (TPSA) is 45.2 Å². The van der Waals surface area contributed by atoms with E-state index in [4.69, 9.17) is 0 Å². The summed E-state index contributed by atoms with van der Waals surface area (Å²) in [6.45, 7) is 2.75. The molecular formula is C15H20FN3O. The van der Waals surface area contributed by atoms with Gasteiger partial charge < -0.3 is 10.2 Å². The molecule has 5 heteroatoms. The molecule has 1 atom stereocenters. The maximum Gasteiger partial charge on any atom is 0.257 e. The van der Waals surface area contributed by atoms with Gasteiger partial charge in [-0.25, -0.2) is 4.39 Å². The van der Waals surface area contributed by atoms with Crippen LogP contribution in [0.2, 0.25) is 0 Å². The maximum atomic E-state index is 13.7. The van der Waals surface area contributed by atoms with Crippen molar-refractivity contribution in [2.45, 2.75) is 31.7 Å². The third kappa shape index (κ3) is 2.98. The Morgan fingerprint density at radius 1 is 1.45 bits per heavy atom. The van der Waals surface area contributed by atoms with Crippen LogP contribution in [0.5, 0.6) is 0 Å². The van der Waals surface area contributed by atoms with E-state index in [9.17, 15) is 9.18 Å². The highest BCUT2D eigenvalue weighted by atomic mass is 19.1. The number of carbonyl (C=O) groups is 1. The zero-order valence-corrected chi connectivity index (χ0v) is 11.5. The summed E-state index contributed by atoms with van der Waals surface area (Å²) >= 11 is 0. The molecule has 1 aromatic heterocycles. The van der Waals surface area contributed by atoms with Crippen molar-refractivity contribution in [3.05, 3.63) is 29.8 Å². The number of rotatable bonds is 4. The summed E-state index contributed by atoms with van der Waals surface area (Å²) in [5.74, 6) is -0.221. The first kappa shape index (κ1) is 13.5. The number of hydrogen-bond donors (Lipinski definition) is 1. The van der Waals surface area contributed by atoms with Gasteiger partial charge in [-0.3, -0.25) is 9.78 Å². The SMILES string of the molecule is O=C(c1ccncc1F)N(CC1CCCNC1)C1CC1. The predicted octanol–water partition coefficient (Wildman–Crippen LogP) is 1.82. The Hall–Kier alpha value is -1.49. The smallest absolute Gasteiger partial charge is 0.257 e. The van der Waals surface area contributed by atoms with Gasteiger partial charge in [0.1, 0.15) is 0 Å². The zero-order valence-electron chi connectivity index (χ0n) is 11.5. The molecule has 1 N–H and O–H groups in total. The van der Waals surface area contributed by atoms with Crippen LogP contribution in [0.3, 0.4) is 0 Å². The Balaban J connectivity index is 1.73. The molecular weight excluding hydrogens is 257 g/mol. The Morgan fingerprint density at radius 2 is 2.30 bits per heavy atom. The highest BCUT2D eigenvalue weighted by molar-refractivity contribution is 5.94. The molecule has 4 nitrogen and oxygen atoms in total. The Bertz CT molecular complexity index is 484. The van der Waals surface area contributed by atoms with E-state index in [1.54, 1.807) is 0 Å². The van der Waals surface area contributed by atoms with Gasteiger partial charge in [-0.1, -0.05) is 0 Å². The third-order valence-electron chi connectivity index (χ3n) is 4.11. The Labute approximate surface area is 118 Å². The summed E-state index contributed by atoms with van der Waals surface area (Å²) in [5, 5.41) is 3.37. The Morgan fingerprint density at radius 3 is 2.95 bits per heavy atom. The summed E-state index contributed by atoms with van der Waals surface area (Å²) in [5.41, 5.74) is 0.149. The van der Waals surface area contributed by atoms with Gasteiger partial charge in [-0.15, -0.1) is 0 Å². The number of halogens is 1. The van der Waals surface area contributed by atoms with Crippen LogP contribution in [0.4, 0.5) is 4.39 Å². The number of hydrogen-bond acceptors (Lipinski definition) is 3. The summed E-state index contributed by atoms with van der Waals surface area (Å²) in [4.78, 5) is 18.1. The van der Waals surface area contributed by atoms with Crippen LogP contribution >= 0.6 is 0 Å². The second kappa shape index (κ2) is 5.87. The first-order chi connectivity index (χ1) is 9.75. The monoisotopic (exact) mass is 277 g/mol. The lowest BCUT2D eigenvalue weighted by Crippen LogP contribution is -2.42. The van der Waals surface area contributed by atoms with E-state index < -0.39 is 5.82 Å². The van der Waals surface area contributed by atoms with Crippen LogP contribution in [0.25, 0.3) is 0 Å². The van der Waals surface area contributed by atoms with Crippen molar-refractivity contribution in [3.8, 4) is 0 Å². The van der Waals surface area contributed by atoms with Crippen LogP contribution in [-0.2, 0) is 0 Å². The van der Waals surface area contributed by atoms with Crippen LogP contribution in [0.15, 0.2) is 18.5 Å². The molecule has 0 aromatic carbocycles. The van der Waals surface area contributed by atoms with E-state index in [-0.39, 0.29) is 11.5 Å². The number of aromatic nitrogens is 1. The Kier molecular flexibility index (Phi) is 3.96. The van der Waals surface area contributed by atoms with Crippen LogP contribution < -0.4 is 5.32 Å². The third-order valence-corrected chi connectivity index (χ3v) is 4.11. The summed E-state index contributed by atoms with van der Waals surface area (Å²) < 4.78 is 13.7. The van der Waals surface area contributed by atoms with Crippen molar-refractivity contribution < 1.29 is 9.18 Å². The molecule has 1 unspecified atom stereocenters. The molecule has 2 heterocycles. The fraction of sp³-hybridized carbons (Fsp3) is 0.600. The zero-order chi connectivity index (χ0) is 13.9. The summed E-state index contributed by atoms with van der Waals surface area (Å²) in [6, 6.07) is 1.78. The molecule has 1 amide bonds. The number of nitrogens with zero attached hydrogens (tertiary/aromatic N) is 2. The predicted molar refractivity (Wildman–Crippen MR) is 73.8 cm³/mol. The van der Waals surface area contributed by atoms with Gasteiger partial charge in [0.15, 0.2) is 5.82 Å². The fourth-order valence-corrected chi connectivity index (χ4v) is 2.85. The van der Waals surface area contributed by atoms with Gasteiger partial charge in [-0.05, 0) is 50.8 Å². The molecule has 0 bridgehead atoms. The average Bonchev–Trinajstić information content (AvgIpc) is 3.30. The van der Waals surface area contributed by atoms with E-state index in [1.165, 1.54) is 12.3 Å². The van der Waals surface area contributed by atoms with Gasteiger partial charge >= 0.3 is 0 Å². The lowest BCUT2D eigenvalue weighted by molar-refractivity contribution is 0.0699. The first-order valence-corrected chi connectivity index (χ1v) is 7.37. The number of pyridine rings is 1. The van der Waals surface area contributed by atoms with Crippen LogP contribution in [0, 0.1) is 11.7 Å². The van der Waals surface area contributed by atoms with Gasteiger partial charge in [0.2, 0.25) is 0 Å². The molecule has 20 heavy (non-hydrogen) atoms. The van der Waals surface area contributed by atoms with Crippen molar-refractivity contribution >= 4 is 5.91 Å². The van der Waals surface area contributed by atoms with Crippen molar-refractivity contribution in [2.24, 2.45) is 5.92 Å². The molecule has 1 aliphatic heterocycles. The lowest BCUT2D eigenvalue weighted by atomic mass is 9.98. The van der Waals surface area contributed by atoms with Gasteiger partial charge in [0, 0.05) is 18.8 Å². The molecule has 1 aromatic rings. The summed E-state index contributed by atoms with van der Waals surface area (Å²) in [6.07, 6.45) is 6.96.